The molecule has 0 N–H and O–H groups in total. The van der Waals surface area contributed by atoms with Crippen molar-refractivity contribution in [2.45, 2.75) is 82.8 Å². The van der Waals surface area contributed by atoms with Crippen LogP contribution in [0.4, 0.5) is 43.9 Å². The number of halogens is 10. The summed E-state index contributed by atoms with van der Waals surface area (Å²) < 4.78 is 149. The van der Waals surface area contributed by atoms with Gasteiger partial charge >= 0.3 is 12.5 Å². The molecule has 1 aliphatic carbocycles. The second kappa shape index (κ2) is 14.8. The first-order chi connectivity index (χ1) is 23.1. The molecule has 0 bridgehead atoms. The molecule has 0 amide bonds. The lowest BCUT2D eigenvalue weighted by molar-refractivity contribution is -0.279. The molecule has 0 spiro atoms. The molecule has 0 aliphatic heterocycles. The van der Waals surface area contributed by atoms with E-state index < -0.39 is 64.5 Å². The van der Waals surface area contributed by atoms with Gasteiger partial charge in [0, 0.05) is 11.1 Å². The van der Waals surface area contributed by atoms with E-state index in [-0.39, 0.29) is 35.4 Å². The molecule has 1 aliphatic rings. The molecule has 0 atom stereocenters. The molecule has 1 saturated carbocycles. The molecule has 49 heavy (non-hydrogen) atoms. The molecule has 0 radical (unpaired) electrons. The zero-order chi connectivity index (χ0) is 35.5. The fourth-order valence-electron chi connectivity index (χ4n) is 6.18. The largest absolute Gasteiger partial charge is 0.573 e. The molecule has 0 heterocycles. The molecule has 0 saturated heterocycles. The van der Waals surface area contributed by atoms with Crippen LogP contribution < -0.4 is 4.74 Å². The SMILES string of the molecule is CCCCCc1ccc(C(F)(F)OC2CCC(c3ccc(-c4ccc(-c5cc(F)c(OC(F)(F)F)c(F)c5)c(F)c4)c(F)c3)CC2)c(F)c1. The Bertz CT molecular complexity index is 1750. The first kappa shape index (κ1) is 36.2. The summed E-state index contributed by atoms with van der Waals surface area (Å²) in [6.45, 7) is 2.03. The maximum Gasteiger partial charge on any atom is 0.573 e. The monoisotopic (exact) mass is 698 g/mol. The number of benzene rings is 4. The van der Waals surface area contributed by atoms with E-state index in [9.17, 15) is 35.1 Å². The maximum atomic E-state index is 15.3. The second-order valence-electron chi connectivity index (χ2n) is 12.1. The van der Waals surface area contributed by atoms with E-state index in [0.717, 1.165) is 43.5 Å². The smallest absolute Gasteiger partial charge is 0.399 e. The Hall–Kier alpha value is -4.06. The lowest BCUT2D eigenvalue weighted by Crippen LogP contribution is -2.30. The van der Waals surface area contributed by atoms with Crippen molar-refractivity contribution in [3.63, 3.8) is 0 Å². The van der Waals surface area contributed by atoms with Crippen LogP contribution in [0.3, 0.4) is 0 Å². The van der Waals surface area contributed by atoms with Crippen molar-refractivity contribution >= 4 is 0 Å². The van der Waals surface area contributed by atoms with Gasteiger partial charge in [0.05, 0.1) is 11.7 Å². The Morgan fingerprint density at radius 3 is 1.84 bits per heavy atom. The molecule has 5 rings (SSSR count). The van der Waals surface area contributed by atoms with E-state index in [1.165, 1.54) is 24.3 Å². The number of hydrogen-bond acceptors (Lipinski definition) is 2. The van der Waals surface area contributed by atoms with Gasteiger partial charge in [-0.3, -0.25) is 0 Å². The minimum Gasteiger partial charge on any atom is -0.399 e. The first-order valence-corrected chi connectivity index (χ1v) is 15.8. The number of alkyl halides is 5. The predicted octanol–water partition coefficient (Wildman–Crippen LogP) is 12.1. The zero-order valence-corrected chi connectivity index (χ0v) is 26.3. The number of ether oxygens (including phenoxy) is 2. The average Bonchev–Trinajstić information content (AvgIpc) is 3.02. The lowest BCUT2D eigenvalue weighted by atomic mass is 9.82. The van der Waals surface area contributed by atoms with Gasteiger partial charge in [0.15, 0.2) is 11.6 Å². The molecule has 2 nitrogen and oxygen atoms in total. The molecular weight excluding hydrogens is 666 g/mol. The normalized spacial score (nSPS) is 17.0. The van der Waals surface area contributed by atoms with Crippen molar-refractivity contribution in [3.05, 3.63) is 113 Å². The van der Waals surface area contributed by atoms with Gasteiger partial charge in [0.2, 0.25) is 5.75 Å². The van der Waals surface area contributed by atoms with Gasteiger partial charge in [0.25, 0.3) is 0 Å². The Kier molecular flexibility index (Phi) is 11.0. The Labute approximate surface area is 276 Å². The van der Waals surface area contributed by atoms with Crippen molar-refractivity contribution in [3.8, 4) is 28.0 Å². The quantitative estimate of drug-likeness (QED) is 0.115. The van der Waals surface area contributed by atoms with Crippen molar-refractivity contribution in [2.24, 2.45) is 0 Å². The molecule has 4 aromatic carbocycles. The fraction of sp³-hybridized carbons (Fsp3) is 0.351. The van der Waals surface area contributed by atoms with Crippen molar-refractivity contribution in [2.75, 3.05) is 0 Å². The second-order valence-corrected chi connectivity index (χ2v) is 12.1. The topological polar surface area (TPSA) is 18.5 Å². The summed E-state index contributed by atoms with van der Waals surface area (Å²) >= 11 is 0. The van der Waals surface area contributed by atoms with Crippen LogP contribution in [0.1, 0.15) is 74.5 Å². The van der Waals surface area contributed by atoms with Gasteiger partial charge < -0.3 is 9.47 Å². The summed E-state index contributed by atoms with van der Waals surface area (Å²) in [6.07, 6.45) is -5.35. The van der Waals surface area contributed by atoms with Crippen molar-refractivity contribution < 1.29 is 53.4 Å². The number of hydrogen-bond donors (Lipinski definition) is 0. The van der Waals surface area contributed by atoms with Crippen molar-refractivity contribution in [1.82, 2.24) is 0 Å². The summed E-state index contributed by atoms with van der Waals surface area (Å²) in [4.78, 5) is 0. The van der Waals surface area contributed by atoms with Gasteiger partial charge in [-0.15, -0.1) is 13.2 Å². The average molecular weight is 699 g/mol. The van der Waals surface area contributed by atoms with Gasteiger partial charge in [-0.25, -0.2) is 22.0 Å². The standard InChI is InChI=1S/C37H32F10O2/c1-2-3-4-5-21-6-15-29(32(40)16-21)36(43,44)48-26-11-7-22(8-12-26)23-9-13-27(30(38)17-23)24-10-14-28(31(39)18-24)25-19-33(41)35(34(42)20-25)49-37(45,46)47/h6,9-10,13-20,22,26H,2-5,7-8,11-12H2,1H3. The van der Waals surface area contributed by atoms with Crippen LogP contribution in [-0.4, -0.2) is 12.5 Å². The van der Waals surface area contributed by atoms with Crippen LogP contribution in [0.25, 0.3) is 22.3 Å². The van der Waals surface area contributed by atoms with E-state index in [2.05, 4.69) is 4.74 Å². The van der Waals surface area contributed by atoms with Crippen LogP contribution in [0.5, 0.6) is 5.75 Å². The minimum absolute atomic E-state index is 0.00977. The minimum atomic E-state index is -5.34. The first-order valence-electron chi connectivity index (χ1n) is 15.8. The Morgan fingerprint density at radius 1 is 0.633 bits per heavy atom. The highest BCUT2D eigenvalue weighted by atomic mass is 19.4. The third kappa shape index (κ3) is 8.76. The van der Waals surface area contributed by atoms with Gasteiger partial charge in [-0.1, -0.05) is 50.1 Å². The molecule has 4 aromatic rings. The predicted molar refractivity (Wildman–Crippen MR) is 163 cm³/mol. The highest BCUT2D eigenvalue weighted by molar-refractivity contribution is 5.72. The highest BCUT2D eigenvalue weighted by Gasteiger charge is 2.40. The van der Waals surface area contributed by atoms with E-state index >= 15 is 8.78 Å². The van der Waals surface area contributed by atoms with E-state index in [4.69, 9.17) is 4.74 Å². The summed E-state index contributed by atoms with van der Waals surface area (Å²) in [7, 11) is 0. The van der Waals surface area contributed by atoms with E-state index in [0.29, 0.717) is 42.5 Å². The molecule has 0 aromatic heterocycles. The summed E-state index contributed by atoms with van der Waals surface area (Å²) in [5.74, 6) is -7.97. The molecule has 0 unspecified atom stereocenters. The third-order valence-electron chi connectivity index (χ3n) is 8.68. The van der Waals surface area contributed by atoms with Crippen LogP contribution in [0.2, 0.25) is 0 Å². The van der Waals surface area contributed by atoms with Crippen LogP contribution in [0.15, 0.2) is 66.7 Å². The van der Waals surface area contributed by atoms with E-state index in [1.807, 2.05) is 6.92 Å². The summed E-state index contributed by atoms with van der Waals surface area (Å²) in [5.41, 5.74) is -0.220. The third-order valence-corrected chi connectivity index (χ3v) is 8.68. The number of rotatable bonds is 11. The molecule has 12 heteroatoms. The summed E-state index contributed by atoms with van der Waals surface area (Å²) in [5, 5.41) is 0. The molecule has 1 fully saturated rings. The van der Waals surface area contributed by atoms with Crippen LogP contribution in [0, 0.1) is 29.1 Å². The van der Waals surface area contributed by atoms with Crippen molar-refractivity contribution in [1.29, 1.82) is 0 Å². The van der Waals surface area contributed by atoms with Crippen LogP contribution >= 0.6 is 0 Å². The Balaban J connectivity index is 1.22. The zero-order valence-electron chi connectivity index (χ0n) is 26.3. The fourth-order valence-corrected chi connectivity index (χ4v) is 6.18. The van der Waals surface area contributed by atoms with Crippen LogP contribution in [-0.2, 0) is 17.3 Å². The molecular formula is C37H32F10O2. The number of unbranched alkanes of at least 4 members (excludes halogenated alkanes) is 2. The van der Waals surface area contributed by atoms with Gasteiger partial charge in [-0.2, -0.15) is 8.78 Å². The van der Waals surface area contributed by atoms with E-state index in [1.54, 1.807) is 6.07 Å². The maximum absolute atomic E-state index is 15.3. The lowest BCUT2D eigenvalue weighted by Gasteiger charge is -2.31. The van der Waals surface area contributed by atoms with Gasteiger partial charge in [0.1, 0.15) is 17.5 Å². The Morgan fingerprint density at radius 2 is 1.24 bits per heavy atom. The van der Waals surface area contributed by atoms with Gasteiger partial charge in [-0.05, 0) is 103 Å². The molecule has 262 valence electrons. The highest BCUT2D eigenvalue weighted by Crippen LogP contribution is 2.41. The number of aryl methyl sites for hydroxylation is 1. The summed E-state index contributed by atoms with van der Waals surface area (Å²) in [6, 6.07) is 12.3.